The highest BCUT2D eigenvalue weighted by Crippen LogP contribution is 2.29. The molecule has 1 N–H and O–H groups in total. The minimum atomic E-state index is -0.490. The highest BCUT2D eigenvalue weighted by molar-refractivity contribution is 7.99. The van der Waals surface area contributed by atoms with E-state index in [1.165, 1.54) is 30.1 Å². The fraction of sp³-hybridized carbons (Fsp3) is 0.120. The van der Waals surface area contributed by atoms with Crippen LogP contribution in [0.4, 0.5) is 5.69 Å². The largest absolute Gasteiger partial charge is 0.497 e. The number of hydrogen-bond acceptors (Lipinski definition) is 8. The molecule has 1 aromatic heterocycles. The lowest BCUT2D eigenvalue weighted by molar-refractivity contribution is -0.384. The highest BCUT2D eigenvalue weighted by Gasteiger charge is 2.17. The number of carbonyl (C=O) groups excluding carboxylic acids is 1. The zero-order chi connectivity index (χ0) is 25.5. The molecular formula is C25H22N6O4S. The molecule has 0 fully saturated rings. The van der Waals surface area contributed by atoms with Gasteiger partial charge in [0.15, 0.2) is 11.0 Å². The summed E-state index contributed by atoms with van der Waals surface area (Å²) in [5.74, 6) is 1.04. The van der Waals surface area contributed by atoms with Gasteiger partial charge in [-0.25, -0.2) is 5.43 Å². The lowest BCUT2D eigenvalue weighted by atomic mass is 10.1. The quantitative estimate of drug-likeness (QED) is 0.156. The average Bonchev–Trinajstić information content (AvgIpc) is 3.32. The van der Waals surface area contributed by atoms with Gasteiger partial charge in [0.1, 0.15) is 5.75 Å². The van der Waals surface area contributed by atoms with Gasteiger partial charge in [-0.3, -0.25) is 19.5 Å². The van der Waals surface area contributed by atoms with E-state index in [9.17, 15) is 14.9 Å². The summed E-state index contributed by atoms with van der Waals surface area (Å²) in [6.45, 7) is 2.01. The number of aryl methyl sites for hydroxylation is 1. The summed E-state index contributed by atoms with van der Waals surface area (Å²) in [6, 6.07) is 21.4. The molecule has 1 amide bonds. The van der Waals surface area contributed by atoms with Gasteiger partial charge in [-0.1, -0.05) is 53.7 Å². The van der Waals surface area contributed by atoms with Crippen LogP contribution in [0.1, 0.15) is 11.1 Å². The van der Waals surface area contributed by atoms with Gasteiger partial charge in [-0.05, 0) is 31.2 Å². The van der Waals surface area contributed by atoms with Gasteiger partial charge in [-0.15, -0.1) is 10.2 Å². The molecule has 0 spiro atoms. The van der Waals surface area contributed by atoms with Crippen molar-refractivity contribution >= 4 is 29.6 Å². The van der Waals surface area contributed by atoms with Gasteiger partial charge in [0.2, 0.25) is 0 Å². The third kappa shape index (κ3) is 5.94. The average molecular weight is 503 g/mol. The van der Waals surface area contributed by atoms with E-state index in [0.29, 0.717) is 16.5 Å². The molecule has 0 saturated heterocycles. The first-order valence-corrected chi connectivity index (χ1v) is 11.8. The topological polar surface area (TPSA) is 125 Å². The second kappa shape index (κ2) is 11.3. The van der Waals surface area contributed by atoms with Crippen molar-refractivity contribution in [2.75, 3.05) is 12.9 Å². The maximum absolute atomic E-state index is 12.4. The molecule has 4 rings (SSSR count). The Morgan fingerprint density at radius 2 is 1.89 bits per heavy atom. The van der Waals surface area contributed by atoms with E-state index < -0.39 is 4.92 Å². The molecule has 0 atom stereocenters. The Balaban J connectivity index is 1.50. The zero-order valence-corrected chi connectivity index (χ0v) is 20.3. The van der Waals surface area contributed by atoms with Crippen LogP contribution in [0.15, 0.2) is 83.1 Å². The SMILES string of the molecule is COc1ccc(-n2c(SCC(=O)N/N=C/c3cccc([N+](=O)[O-])c3)nnc2-c2ccc(C)cc2)cc1. The predicted molar refractivity (Wildman–Crippen MR) is 138 cm³/mol. The van der Waals surface area contributed by atoms with Gasteiger partial charge in [0.25, 0.3) is 11.6 Å². The Hall–Kier alpha value is -4.51. The van der Waals surface area contributed by atoms with Crippen LogP contribution in [-0.2, 0) is 4.79 Å². The number of methoxy groups -OCH3 is 1. The van der Waals surface area contributed by atoms with Crippen LogP contribution in [0.2, 0.25) is 0 Å². The monoisotopic (exact) mass is 502 g/mol. The lowest BCUT2D eigenvalue weighted by Gasteiger charge is -2.11. The summed E-state index contributed by atoms with van der Waals surface area (Å²) in [7, 11) is 1.60. The second-order valence-corrected chi connectivity index (χ2v) is 8.58. The Labute approximate surface area is 211 Å². The van der Waals surface area contributed by atoms with E-state index in [0.717, 1.165) is 22.6 Å². The number of nitrogens with one attached hydrogen (secondary N) is 1. The summed E-state index contributed by atoms with van der Waals surface area (Å²) in [4.78, 5) is 22.8. The number of carbonyl (C=O) groups is 1. The summed E-state index contributed by atoms with van der Waals surface area (Å²) >= 11 is 1.21. The fourth-order valence-corrected chi connectivity index (χ4v) is 4.02. The van der Waals surface area contributed by atoms with Gasteiger partial charge < -0.3 is 4.74 Å². The molecule has 0 unspecified atom stereocenters. The number of thioether (sulfide) groups is 1. The molecule has 0 bridgehead atoms. The third-order valence-electron chi connectivity index (χ3n) is 5.09. The molecule has 36 heavy (non-hydrogen) atoms. The smallest absolute Gasteiger partial charge is 0.270 e. The van der Waals surface area contributed by atoms with Crippen molar-refractivity contribution in [1.29, 1.82) is 0 Å². The third-order valence-corrected chi connectivity index (χ3v) is 6.02. The number of non-ortho nitro benzene ring substituents is 1. The molecule has 182 valence electrons. The van der Waals surface area contributed by atoms with Crippen LogP contribution >= 0.6 is 11.8 Å². The first kappa shape index (κ1) is 24.6. The molecule has 0 saturated carbocycles. The number of amides is 1. The zero-order valence-electron chi connectivity index (χ0n) is 19.5. The van der Waals surface area contributed by atoms with Crippen LogP contribution in [0.3, 0.4) is 0 Å². The Morgan fingerprint density at radius 3 is 2.58 bits per heavy atom. The van der Waals surface area contributed by atoms with Gasteiger partial charge in [-0.2, -0.15) is 5.10 Å². The molecule has 0 radical (unpaired) electrons. The van der Waals surface area contributed by atoms with Crippen LogP contribution in [0.5, 0.6) is 5.75 Å². The minimum absolute atomic E-state index is 0.0362. The first-order valence-electron chi connectivity index (χ1n) is 10.8. The van der Waals surface area contributed by atoms with E-state index >= 15 is 0 Å². The molecule has 1 heterocycles. The maximum atomic E-state index is 12.4. The van der Waals surface area contributed by atoms with Crippen molar-refractivity contribution in [1.82, 2.24) is 20.2 Å². The molecule has 10 nitrogen and oxygen atoms in total. The molecule has 11 heteroatoms. The van der Waals surface area contributed by atoms with E-state index in [1.807, 2.05) is 60.0 Å². The van der Waals surface area contributed by atoms with Crippen molar-refractivity contribution in [3.8, 4) is 22.8 Å². The number of benzene rings is 3. The summed E-state index contributed by atoms with van der Waals surface area (Å²) in [5.41, 5.74) is 5.72. The normalized spacial score (nSPS) is 10.9. The van der Waals surface area contributed by atoms with E-state index in [1.54, 1.807) is 19.2 Å². The molecule has 0 aliphatic carbocycles. The van der Waals surface area contributed by atoms with Crippen LogP contribution in [-0.4, -0.2) is 44.7 Å². The van der Waals surface area contributed by atoms with E-state index in [4.69, 9.17) is 4.74 Å². The van der Waals surface area contributed by atoms with E-state index in [2.05, 4.69) is 20.7 Å². The number of aromatic nitrogens is 3. The number of rotatable bonds is 9. The number of hydrazone groups is 1. The number of nitro groups is 1. The number of hydrogen-bond donors (Lipinski definition) is 1. The highest BCUT2D eigenvalue weighted by atomic mass is 32.2. The van der Waals surface area contributed by atoms with Gasteiger partial charge >= 0.3 is 0 Å². The summed E-state index contributed by atoms with van der Waals surface area (Å²) in [6.07, 6.45) is 1.35. The molecule has 4 aromatic rings. The summed E-state index contributed by atoms with van der Waals surface area (Å²) < 4.78 is 7.15. The first-order chi connectivity index (χ1) is 17.4. The fourth-order valence-electron chi connectivity index (χ4n) is 3.28. The van der Waals surface area contributed by atoms with Gasteiger partial charge in [0.05, 0.1) is 24.0 Å². The van der Waals surface area contributed by atoms with Crippen molar-refractivity contribution in [2.45, 2.75) is 12.1 Å². The molecule has 3 aromatic carbocycles. The van der Waals surface area contributed by atoms with Crippen LogP contribution in [0.25, 0.3) is 17.1 Å². The minimum Gasteiger partial charge on any atom is -0.497 e. The second-order valence-electron chi connectivity index (χ2n) is 7.64. The maximum Gasteiger partial charge on any atom is 0.270 e. The van der Waals surface area contributed by atoms with Crippen molar-refractivity contribution in [3.05, 3.63) is 94.0 Å². The Bertz CT molecular complexity index is 1400. The Kier molecular flexibility index (Phi) is 7.71. The van der Waals surface area contributed by atoms with Crippen LogP contribution in [0, 0.1) is 17.0 Å². The standard InChI is InChI=1S/C25H22N6O4S/c1-17-6-8-19(9-7-17)24-28-29-25(30(24)20-10-12-22(35-2)13-11-20)36-16-23(32)27-26-15-18-4-3-5-21(14-18)31(33)34/h3-15H,16H2,1-2H3,(H,27,32)/b26-15+. The number of nitro benzene ring substituents is 1. The predicted octanol–water partition coefficient (Wildman–Crippen LogP) is 4.40. The Morgan fingerprint density at radius 1 is 1.14 bits per heavy atom. The van der Waals surface area contributed by atoms with Gasteiger partial charge in [0, 0.05) is 28.9 Å². The van der Waals surface area contributed by atoms with E-state index in [-0.39, 0.29) is 17.3 Å². The van der Waals surface area contributed by atoms with Crippen molar-refractivity contribution in [3.63, 3.8) is 0 Å². The van der Waals surface area contributed by atoms with Crippen molar-refractivity contribution in [2.24, 2.45) is 5.10 Å². The molecular weight excluding hydrogens is 480 g/mol. The molecule has 0 aliphatic heterocycles. The summed E-state index contributed by atoms with van der Waals surface area (Å²) in [5, 5.41) is 24.0. The van der Waals surface area contributed by atoms with Crippen LogP contribution < -0.4 is 10.2 Å². The molecule has 0 aliphatic rings. The number of nitrogens with zero attached hydrogens (tertiary/aromatic N) is 5. The lowest BCUT2D eigenvalue weighted by Crippen LogP contribution is -2.20. The number of ether oxygens (including phenoxy) is 1. The van der Waals surface area contributed by atoms with Crippen molar-refractivity contribution < 1.29 is 14.5 Å².